The molecule has 106 valence electrons. The van der Waals surface area contributed by atoms with Crippen molar-refractivity contribution in [3.8, 4) is 11.4 Å². The average Bonchev–Trinajstić information content (AvgIpc) is 2.51. The van der Waals surface area contributed by atoms with Gasteiger partial charge in [-0.25, -0.2) is 4.98 Å². The van der Waals surface area contributed by atoms with E-state index in [2.05, 4.69) is 44.5 Å². The lowest BCUT2D eigenvalue weighted by atomic mass is 10.1. The molecule has 2 aromatic heterocycles. The molecule has 21 heavy (non-hydrogen) atoms. The minimum Gasteiger partial charge on any atom is -0.306 e. The molecule has 0 saturated carbocycles. The molecule has 0 spiro atoms. The number of hydrogen-bond acceptors (Lipinski definition) is 3. The smallest absolute Gasteiger partial charge is 0.264 e. The lowest BCUT2D eigenvalue weighted by molar-refractivity contribution is 0.860. The van der Waals surface area contributed by atoms with E-state index in [0.29, 0.717) is 9.39 Å². The van der Waals surface area contributed by atoms with Crippen molar-refractivity contribution in [3.05, 3.63) is 56.1 Å². The highest BCUT2D eigenvalue weighted by Crippen LogP contribution is 2.21. The normalized spacial score (nSPS) is 11.0. The molecule has 0 unspecified atom stereocenters. The summed E-state index contributed by atoms with van der Waals surface area (Å²) in [4.78, 5) is 23.8. The van der Waals surface area contributed by atoms with Gasteiger partial charge >= 0.3 is 0 Å². The summed E-state index contributed by atoms with van der Waals surface area (Å²) in [7, 11) is 0. The van der Waals surface area contributed by atoms with Crippen LogP contribution < -0.4 is 5.56 Å². The Morgan fingerprint density at radius 3 is 2.95 bits per heavy atom. The Bertz CT molecular complexity index is 858. The van der Waals surface area contributed by atoms with Gasteiger partial charge in [0.1, 0.15) is 5.82 Å². The summed E-state index contributed by atoms with van der Waals surface area (Å²) >= 11 is 2.06. The zero-order valence-electron chi connectivity index (χ0n) is 11.6. The third-order valence-electron chi connectivity index (χ3n) is 3.29. The van der Waals surface area contributed by atoms with Crippen molar-refractivity contribution in [2.75, 3.05) is 0 Å². The van der Waals surface area contributed by atoms with Crippen LogP contribution in [0.1, 0.15) is 19.0 Å². The molecule has 3 aromatic rings. The number of benzene rings is 1. The number of pyridine rings is 1. The third kappa shape index (κ3) is 2.83. The quantitative estimate of drug-likeness (QED) is 0.695. The van der Waals surface area contributed by atoms with Crippen molar-refractivity contribution in [1.82, 2.24) is 15.0 Å². The van der Waals surface area contributed by atoms with Crippen molar-refractivity contribution in [2.24, 2.45) is 0 Å². The SMILES string of the molecule is CCCc1nc(-c2ccc3ncccc3c2)[nH]c(=O)c1I. The lowest BCUT2D eigenvalue weighted by Crippen LogP contribution is -2.16. The van der Waals surface area contributed by atoms with Crippen molar-refractivity contribution >= 4 is 33.5 Å². The van der Waals surface area contributed by atoms with Gasteiger partial charge in [-0.2, -0.15) is 0 Å². The van der Waals surface area contributed by atoms with Gasteiger partial charge in [0.05, 0.1) is 14.8 Å². The van der Waals surface area contributed by atoms with Crippen molar-refractivity contribution in [3.63, 3.8) is 0 Å². The molecule has 0 radical (unpaired) electrons. The number of aromatic amines is 1. The molecule has 2 heterocycles. The fraction of sp³-hybridized carbons (Fsp3) is 0.188. The standard InChI is InChI=1S/C16H14IN3O/c1-2-4-13-14(17)16(21)20-15(19-13)11-6-7-12-10(9-11)5-3-8-18-12/h3,5-9H,2,4H2,1H3,(H,19,20,21). The number of aromatic nitrogens is 3. The number of aryl methyl sites for hydroxylation is 1. The Morgan fingerprint density at radius 1 is 1.29 bits per heavy atom. The molecule has 3 rings (SSSR count). The average molecular weight is 391 g/mol. The molecule has 0 aliphatic carbocycles. The monoisotopic (exact) mass is 391 g/mol. The predicted molar refractivity (Wildman–Crippen MR) is 92.3 cm³/mol. The molecule has 0 bridgehead atoms. The first-order valence-corrected chi connectivity index (χ1v) is 7.90. The van der Waals surface area contributed by atoms with Crippen LogP contribution in [0.4, 0.5) is 0 Å². The molecular weight excluding hydrogens is 377 g/mol. The zero-order valence-corrected chi connectivity index (χ0v) is 13.7. The minimum absolute atomic E-state index is 0.0738. The highest BCUT2D eigenvalue weighted by Gasteiger charge is 2.10. The second-order valence-corrected chi connectivity index (χ2v) is 5.91. The van der Waals surface area contributed by atoms with E-state index in [1.807, 2.05) is 30.3 Å². The summed E-state index contributed by atoms with van der Waals surface area (Å²) in [6.45, 7) is 2.08. The van der Waals surface area contributed by atoms with Crippen LogP contribution in [0.5, 0.6) is 0 Å². The topological polar surface area (TPSA) is 58.6 Å². The molecule has 0 saturated heterocycles. The lowest BCUT2D eigenvalue weighted by Gasteiger charge is -2.07. The Balaban J connectivity index is 2.15. The fourth-order valence-corrected chi connectivity index (χ4v) is 2.79. The summed E-state index contributed by atoms with van der Waals surface area (Å²) in [5.41, 5.74) is 2.63. The first-order chi connectivity index (χ1) is 10.2. The number of halogens is 1. The van der Waals surface area contributed by atoms with E-state index in [1.54, 1.807) is 6.20 Å². The van der Waals surface area contributed by atoms with Gasteiger partial charge in [0.15, 0.2) is 0 Å². The summed E-state index contributed by atoms with van der Waals surface area (Å²) in [5, 5.41) is 1.04. The molecule has 1 N–H and O–H groups in total. The number of fused-ring (bicyclic) bond motifs is 1. The number of nitrogens with one attached hydrogen (secondary N) is 1. The van der Waals surface area contributed by atoms with Crippen molar-refractivity contribution in [2.45, 2.75) is 19.8 Å². The van der Waals surface area contributed by atoms with E-state index < -0.39 is 0 Å². The van der Waals surface area contributed by atoms with Gasteiger partial charge in [-0.15, -0.1) is 0 Å². The number of H-pyrrole nitrogens is 1. The Kier molecular flexibility index (Phi) is 4.01. The second-order valence-electron chi connectivity index (χ2n) is 4.84. The maximum Gasteiger partial charge on any atom is 0.264 e. The first-order valence-electron chi connectivity index (χ1n) is 6.83. The maximum absolute atomic E-state index is 12.1. The van der Waals surface area contributed by atoms with Crippen LogP contribution in [0.15, 0.2) is 41.3 Å². The molecule has 0 amide bonds. The first kappa shape index (κ1) is 14.2. The van der Waals surface area contributed by atoms with Crippen LogP contribution >= 0.6 is 22.6 Å². The summed E-state index contributed by atoms with van der Waals surface area (Å²) < 4.78 is 0.681. The Hall–Kier alpha value is -1.76. The molecule has 0 aliphatic rings. The van der Waals surface area contributed by atoms with Gasteiger partial charge in [0, 0.05) is 17.1 Å². The molecule has 0 fully saturated rings. The summed E-state index contributed by atoms with van der Waals surface area (Å²) in [6, 6.07) is 9.80. The van der Waals surface area contributed by atoms with Gasteiger partial charge in [0.25, 0.3) is 5.56 Å². The summed E-state index contributed by atoms with van der Waals surface area (Å²) in [6.07, 6.45) is 3.55. The van der Waals surface area contributed by atoms with Crippen LogP contribution in [0.25, 0.3) is 22.3 Å². The van der Waals surface area contributed by atoms with Gasteiger partial charge in [-0.1, -0.05) is 19.4 Å². The Labute approximate surface area is 135 Å². The summed E-state index contributed by atoms with van der Waals surface area (Å²) in [5.74, 6) is 0.620. The van der Waals surface area contributed by atoms with Gasteiger partial charge in [-0.3, -0.25) is 9.78 Å². The molecule has 0 atom stereocenters. The largest absolute Gasteiger partial charge is 0.306 e. The highest BCUT2D eigenvalue weighted by atomic mass is 127. The van der Waals surface area contributed by atoms with Crippen LogP contribution in [-0.4, -0.2) is 15.0 Å². The van der Waals surface area contributed by atoms with Crippen LogP contribution in [0, 0.1) is 3.57 Å². The minimum atomic E-state index is -0.0738. The predicted octanol–water partition coefficient (Wildman–Crippen LogP) is 3.54. The maximum atomic E-state index is 12.1. The molecule has 4 nitrogen and oxygen atoms in total. The second kappa shape index (κ2) is 5.93. The van der Waals surface area contributed by atoms with E-state index in [9.17, 15) is 4.79 Å². The van der Waals surface area contributed by atoms with E-state index in [0.717, 1.165) is 35.0 Å². The zero-order chi connectivity index (χ0) is 14.8. The molecular formula is C16H14IN3O. The van der Waals surface area contributed by atoms with Gasteiger partial charge < -0.3 is 4.98 Å². The van der Waals surface area contributed by atoms with E-state index in [1.165, 1.54) is 0 Å². The van der Waals surface area contributed by atoms with Crippen molar-refractivity contribution < 1.29 is 0 Å². The number of rotatable bonds is 3. The van der Waals surface area contributed by atoms with E-state index in [-0.39, 0.29) is 5.56 Å². The fourth-order valence-electron chi connectivity index (χ4n) is 2.27. The number of hydrogen-bond donors (Lipinski definition) is 1. The van der Waals surface area contributed by atoms with Gasteiger partial charge in [-0.05, 0) is 53.3 Å². The molecule has 5 heteroatoms. The highest BCUT2D eigenvalue weighted by molar-refractivity contribution is 14.1. The van der Waals surface area contributed by atoms with Crippen LogP contribution in [0.2, 0.25) is 0 Å². The van der Waals surface area contributed by atoms with Crippen LogP contribution in [0.3, 0.4) is 0 Å². The van der Waals surface area contributed by atoms with Crippen molar-refractivity contribution in [1.29, 1.82) is 0 Å². The Morgan fingerprint density at radius 2 is 2.14 bits per heavy atom. The molecule has 0 aliphatic heterocycles. The van der Waals surface area contributed by atoms with Crippen LogP contribution in [-0.2, 0) is 6.42 Å². The third-order valence-corrected chi connectivity index (χ3v) is 4.41. The molecule has 1 aromatic carbocycles. The van der Waals surface area contributed by atoms with E-state index in [4.69, 9.17) is 0 Å². The van der Waals surface area contributed by atoms with E-state index >= 15 is 0 Å². The van der Waals surface area contributed by atoms with Gasteiger partial charge in [0.2, 0.25) is 0 Å². The number of nitrogens with zero attached hydrogens (tertiary/aromatic N) is 2.